The fourth-order valence-corrected chi connectivity index (χ4v) is 4.06. The summed E-state index contributed by atoms with van der Waals surface area (Å²) in [7, 11) is 0. The van der Waals surface area contributed by atoms with Gasteiger partial charge < -0.3 is 4.90 Å². The third kappa shape index (κ3) is 5.29. The van der Waals surface area contributed by atoms with Gasteiger partial charge in [0.05, 0.1) is 11.4 Å². The first-order valence-corrected chi connectivity index (χ1v) is 10.7. The van der Waals surface area contributed by atoms with Gasteiger partial charge in [-0.2, -0.15) is 5.10 Å². The number of hydroxylamine groups is 1. The van der Waals surface area contributed by atoms with Crippen molar-refractivity contribution in [1.29, 1.82) is 0 Å². The zero-order valence-electron chi connectivity index (χ0n) is 17.8. The number of para-hydroxylation sites is 1. The highest BCUT2D eigenvalue weighted by Gasteiger charge is 2.15. The Labute approximate surface area is 182 Å². The van der Waals surface area contributed by atoms with E-state index in [9.17, 15) is 4.79 Å². The van der Waals surface area contributed by atoms with Crippen LogP contribution in [0.1, 0.15) is 27.9 Å². The Bertz CT molecular complexity index is 1070. The van der Waals surface area contributed by atoms with E-state index in [0.29, 0.717) is 0 Å². The number of aromatic nitrogens is 2. The molecule has 0 saturated heterocycles. The minimum absolute atomic E-state index is 0.521. The molecule has 1 aliphatic heterocycles. The van der Waals surface area contributed by atoms with Gasteiger partial charge in [0.25, 0.3) is 5.91 Å². The first kappa shape index (κ1) is 21.0. The molecule has 0 fully saturated rings. The van der Waals surface area contributed by atoms with Crippen LogP contribution in [0.4, 0.5) is 0 Å². The lowest BCUT2D eigenvalue weighted by molar-refractivity contribution is -0.124. The third-order valence-corrected chi connectivity index (χ3v) is 5.88. The number of aryl methyl sites for hydroxylation is 1. The van der Waals surface area contributed by atoms with Crippen LogP contribution < -0.4 is 5.48 Å². The number of hydrogen-bond donors (Lipinski definition) is 2. The Balaban J connectivity index is 1.37. The standard InChI is InChI=1S/C25H28N4O2/c1-19-23(18-29(26-19)24-5-3-2-4-6-24)13-16-28-14-11-21-9-7-20(8-10-25(30)27-31)17-22(21)12-15-28/h2-10,17-18,31H,11-16H2,1H3,(H,27,30)/b10-8+. The molecule has 0 saturated carbocycles. The number of nitrogens with one attached hydrogen (secondary N) is 1. The average Bonchev–Trinajstić information content (AvgIpc) is 3.05. The molecule has 3 aromatic rings. The minimum atomic E-state index is -0.521. The minimum Gasteiger partial charge on any atom is -0.302 e. The van der Waals surface area contributed by atoms with E-state index in [2.05, 4.69) is 47.4 Å². The normalized spacial score (nSPS) is 14.4. The van der Waals surface area contributed by atoms with Gasteiger partial charge in [0.15, 0.2) is 0 Å². The molecule has 1 aliphatic rings. The third-order valence-electron chi connectivity index (χ3n) is 5.88. The average molecular weight is 417 g/mol. The van der Waals surface area contributed by atoms with Gasteiger partial charge in [0.1, 0.15) is 0 Å². The SMILES string of the molecule is Cc1nn(-c2ccccc2)cc1CCN1CCc2ccc(/C=C/C(=O)NO)cc2CC1. The first-order chi connectivity index (χ1) is 15.1. The molecule has 0 atom stereocenters. The second kappa shape index (κ2) is 9.73. The lowest BCUT2D eigenvalue weighted by Gasteiger charge is -2.19. The van der Waals surface area contributed by atoms with E-state index in [1.165, 1.54) is 22.8 Å². The van der Waals surface area contributed by atoms with Crippen molar-refractivity contribution in [2.75, 3.05) is 19.6 Å². The van der Waals surface area contributed by atoms with Crippen LogP contribution in [0.2, 0.25) is 0 Å². The van der Waals surface area contributed by atoms with Crippen molar-refractivity contribution in [1.82, 2.24) is 20.2 Å². The van der Waals surface area contributed by atoms with Gasteiger partial charge in [-0.05, 0) is 66.6 Å². The van der Waals surface area contributed by atoms with E-state index >= 15 is 0 Å². The van der Waals surface area contributed by atoms with Gasteiger partial charge in [-0.1, -0.05) is 36.4 Å². The molecule has 160 valence electrons. The molecule has 2 N–H and O–H groups in total. The Kier molecular flexibility index (Phi) is 6.60. The Hall–Kier alpha value is -3.22. The van der Waals surface area contributed by atoms with Crippen LogP contribution in [0.5, 0.6) is 0 Å². The summed E-state index contributed by atoms with van der Waals surface area (Å²) in [6.45, 7) is 5.15. The monoisotopic (exact) mass is 416 g/mol. The Morgan fingerprint density at radius 3 is 2.68 bits per heavy atom. The van der Waals surface area contributed by atoms with Crippen molar-refractivity contribution in [3.63, 3.8) is 0 Å². The summed E-state index contributed by atoms with van der Waals surface area (Å²) < 4.78 is 1.97. The smallest absolute Gasteiger partial charge is 0.267 e. The zero-order valence-corrected chi connectivity index (χ0v) is 17.8. The molecule has 0 aliphatic carbocycles. The Morgan fingerprint density at radius 2 is 1.90 bits per heavy atom. The van der Waals surface area contributed by atoms with Gasteiger partial charge in [-0.25, -0.2) is 10.2 Å². The second-order valence-corrected chi connectivity index (χ2v) is 7.95. The number of carbonyl (C=O) groups excluding carboxylic acids is 1. The predicted octanol–water partition coefficient (Wildman–Crippen LogP) is 3.34. The summed E-state index contributed by atoms with van der Waals surface area (Å²) in [4.78, 5) is 13.7. The number of carbonyl (C=O) groups is 1. The quantitative estimate of drug-likeness (QED) is 0.367. The number of amides is 1. The maximum atomic E-state index is 11.2. The summed E-state index contributed by atoms with van der Waals surface area (Å²) in [6.07, 6.45) is 8.21. The molecule has 0 radical (unpaired) electrons. The topological polar surface area (TPSA) is 70.4 Å². The molecule has 0 unspecified atom stereocenters. The van der Waals surface area contributed by atoms with Crippen molar-refractivity contribution in [2.45, 2.75) is 26.2 Å². The molecule has 2 heterocycles. The highest BCUT2D eigenvalue weighted by Crippen LogP contribution is 2.20. The first-order valence-electron chi connectivity index (χ1n) is 10.7. The molecule has 0 spiro atoms. The van der Waals surface area contributed by atoms with Crippen molar-refractivity contribution in [2.24, 2.45) is 0 Å². The van der Waals surface area contributed by atoms with Crippen LogP contribution in [-0.2, 0) is 24.1 Å². The molecule has 0 bridgehead atoms. The molecule has 1 aromatic heterocycles. The number of nitrogens with zero attached hydrogens (tertiary/aromatic N) is 3. The van der Waals surface area contributed by atoms with Crippen LogP contribution in [0.15, 0.2) is 60.8 Å². The van der Waals surface area contributed by atoms with Crippen LogP contribution in [0, 0.1) is 6.92 Å². The highest BCUT2D eigenvalue weighted by atomic mass is 16.5. The predicted molar refractivity (Wildman–Crippen MR) is 121 cm³/mol. The molecule has 1 amide bonds. The molecule has 6 nitrogen and oxygen atoms in total. The van der Waals surface area contributed by atoms with Gasteiger partial charge >= 0.3 is 0 Å². The summed E-state index contributed by atoms with van der Waals surface area (Å²) in [5.74, 6) is -0.521. The van der Waals surface area contributed by atoms with Crippen LogP contribution in [0.25, 0.3) is 11.8 Å². The van der Waals surface area contributed by atoms with E-state index in [0.717, 1.165) is 55.8 Å². The Morgan fingerprint density at radius 1 is 1.13 bits per heavy atom. The molecule has 2 aromatic carbocycles. The summed E-state index contributed by atoms with van der Waals surface area (Å²) in [5, 5.41) is 13.3. The lowest BCUT2D eigenvalue weighted by Crippen LogP contribution is -2.28. The number of benzene rings is 2. The van der Waals surface area contributed by atoms with Crippen molar-refractivity contribution < 1.29 is 10.0 Å². The van der Waals surface area contributed by atoms with E-state index in [4.69, 9.17) is 5.21 Å². The van der Waals surface area contributed by atoms with Crippen molar-refractivity contribution in [3.05, 3.63) is 88.8 Å². The van der Waals surface area contributed by atoms with E-state index in [1.807, 2.05) is 28.9 Å². The summed E-state index contributed by atoms with van der Waals surface area (Å²) >= 11 is 0. The van der Waals surface area contributed by atoms with E-state index in [1.54, 1.807) is 11.6 Å². The fourth-order valence-electron chi connectivity index (χ4n) is 4.06. The largest absolute Gasteiger partial charge is 0.302 e. The maximum absolute atomic E-state index is 11.2. The number of hydrogen-bond acceptors (Lipinski definition) is 4. The zero-order chi connectivity index (χ0) is 21.6. The molecule has 4 rings (SSSR count). The van der Waals surface area contributed by atoms with Gasteiger partial charge in [-0.3, -0.25) is 10.0 Å². The number of fused-ring (bicyclic) bond motifs is 1. The van der Waals surface area contributed by atoms with Crippen molar-refractivity contribution in [3.8, 4) is 5.69 Å². The second-order valence-electron chi connectivity index (χ2n) is 7.95. The van der Waals surface area contributed by atoms with Crippen molar-refractivity contribution >= 4 is 12.0 Å². The number of rotatable bonds is 6. The molecular formula is C25H28N4O2. The van der Waals surface area contributed by atoms with Gasteiger partial charge in [-0.15, -0.1) is 0 Å². The molecule has 6 heteroatoms. The van der Waals surface area contributed by atoms with Crippen LogP contribution in [-0.4, -0.2) is 45.4 Å². The van der Waals surface area contributed by atoms with Crippen LogP contribution in [0.3, 0.4) is 0 Å². The van der Waals surface area contributed by atoms with E-state index in [-0.39, 0.29) is 0 Å². The maximum Gasteiger partial charge on any atom is 0.267 e. The lowest BCUT2D eigenvalue weighted by atomic mass is 10.00. The van der Waals surface area contributed by atoms with Gasteiger partial charge in [0, 0.05) is 31.9 Å². The van der Waals surface area contributed by atoms with Crippen LogP contribution >= 0.6 is 0 Å². The summed E-state index contributed by atoms with van der Waals surface area (Å²) in [6, 6.07) is 16.6. The molecular weight excluding hydrogens is 388 g/mol. The highest BCUT2D eigenvalue weighted by molar-refractivity contribution is 5.90. The fraction of sp³-hybridized carbons (Fsp3) is 0.280. The summed E-state index contributed by atoms with van der Waals surface area (Å²) in [5.41, 5.74) is 8.77. The van der Waals surface area contributed by atoms with E-state index < -0.39 is 5.91 Å². The molecule has 31 heavy (non-hydrogen) atoms. The van der Waals surface area contributed by atoms with Gasteiger partial charge in [0.2, 0.25) is 0 Å².